The smallest absolute Gasteiger partial charge is 0.268 e. The van der Waals surface area contributed by atoms with Crippen molar-refractivity contribution in [2.45, 2.75) is 9.79 Å². The van der Waals surface area contributed by atoms with Crippen molar-refractivity contribution in [2.75, 3.05) is 0 Å². The fourth-order valence-corrected chi connectivity index (χ4v) is 3.11. The van der Waals surface area contributed by atoms with Gasteiger partial charge in [0.25, 0.3) is 5.56 Å². The zero-order valence-corrected chi connectivity index (χ0v) is 11.7. The highest BCUT2D eigenvalue weighted by molar-refractivity contribution is 7.99. The number of aryl methyl sites for hydroxylation is 1. The van der Waals surface area contributed by atoms with Crippen LogP contribution in [-0.4, -0.2) is 9.67 Å². The zero-order chi connectivity index (χ0) is 14.1. The molecule has 20 heavy (non-hydrogen) atoms. The molecule has 0 saturated carbocycles. The van der Waals surface area contributed by atoms with Crippen LogP contribution in [0.25, 0.3) is 10.9 Å². The summed E-state index contributed by atoms with van der Waals surface area (Å²) >= 11 is 1.29. The average Bonchev–Trinajstić information content (AvgIpc) is 2.50. The Labute approximate surface area is 120 Å². The minimum Gasteiger partial charge on any atom is -0.506 e. The van der Waals surface area contributed by atoms with Gasteiger partial charge in [0.15, 0.2) is 0 Å². The molecule has 3 nitrogen and oxygen atoms in total. The normalized spacial score (nSPS) is 10.8. The van der Waals surface area contributed by atoms with Crippen molar-refractivity contribution in [3.8, 4) is 5.75 Å². The fraction of sp³-hybridized carbons (Fsp3) is 0.0625. The molecule has 0 radical (unpaired) electrons. The van der Waals surface area contributed by atoms with E-state index in [1.165, 1.54) is 11.8 Å². The van der Waals surface area contributed by atoms with Crippen LogP contribution in [-0.2, 0) is 7.05 Å². The van der Waals surface area contributed by atoms with Gasteiger partial charge in [-0.05, 0) is 24.3 Å². The second-order valence-corrected chi connectivity index (χ2v) is 5.56. The van der Waals surface area contributed by atoms with E-state index >= 15 is 0 Å². The second kappa shape index (κ2) is 5.06. The van der Waals surface area contributed by atoms with E-state index in [0.717, 1.165) is 10.4 Å². The third-order valence-electron chi connectivity index (χ3n) is 3.20. The number of rotatable bonds is 2. The summed E-state index contributed by atoms with van der Waals surface area (Å²) in [6.07, 6.45) is 0. The first-order valence-electron chi connectivity index (χ1n) is 6.22. The van der Waals surface area contributed by atoms with Crippen LogP contribution in [0.5, 0.6) is 5.75 Å². The van der Waals surface area contributed by atoms with Gasteiger partial charge in [-0.3, -0.25) is 4.79 Å². The molecule has 1 heterocycles. The van der Waals surface area contributed by atoms with Gasteiger partial charge in [-0.15, -0.1) is 0 Å². The van der Waals surface area contributed by atoms with E-state index in [4.69, 9.17) is 0 Å². The molecule has 0 fully saturated rings. The van der Waals surface area contributed by atoms with Crippen molar-refractivity contribution in [3.05, 3.63) is 65.0 Å². The molecule has 0 amide bonds. The van der Waals surface area contributed by atoms with Gasteiger partial charge in [-0.2, -0.15) is 0 Å². The van der Waals surface area contributed by atoms with Crippen molar-refractivity contribution in [2.24, 2.45) is 7.05 Å². The summed E-state index contributed by atoms with van der Waals surface area (Å²) in [5.74, 6) is 0.0533. The van der Waals surface area contributed by atoms with E-state index in [0.29, 0.717) is 10.3 Å². The number of pyridine rings is 1. The Balaban J connectivity index is 2.23. The predicted molar refractivity (Wildman–Crippen MR) is 81.4 cm³/mol. The van der Waals surface area contributed by atoms with Gasteiger partial charge in [0, 0.05) is 17.3 Å². The van der Waals surface area contributed by atoms with Crippen molar-refractivity contribution in [1.29, 1.82) is 0 Å². The number of hydrogen-bond acceptors (Lipinski definition) is 3. The number of para-hydroxylation sites is 1. The van der Waals surface area contributed by atoms with Crippen LogP contribution in [0, 0.1) is 0 Å². The monoisotopic (exact) mass is 283 g/mol. The largest absolute Gasteiger partial charge is 0.506 e. The van der Waals surface area contributed by atoms with Crippen LogP contribution < -0.4 is 5.56 Å². The van der Waals surface area contributed by atoms with Crippen LogP contribution in [0.2, 0.25) is 0 Å². The first-order chi connectivity index (χ1) is 9.68. The molecule has 1 N–H and O–H groups in total. The Morgan fingerprint density at radius 3 is 2.40 bits per heavy atom. The number of benzene rings is 2. The van der Waals surface area contributed by atoms with E-state index in [9.17, 15) is 9.90 Å². The Hall–Kier alpha value is -2.20. The number of nitrogens with zero attached hydrogens (tertiary/aromatic N) is 1. The molecule has 3 rings (SSSR count). The Morgan fingerprint density at radius 2 is 1.65 bits per heavy atom. The van der Waals surface area contributed by atoms with Gasteiger partial charge < -0.3 is 9.67 Å². The number of aromatic nitrogens is 1. The summed E-state index contributed by atoms with van der Waals surface area (Å²) in [5.41, 5.74) is 0.544. The minimum atomic E-state index is -0.185. The van der Waals surface area contributed by atoms with Gasteiger partial charge in [0.05, 0.1) is 5.52 Å². The summed E-state index contributed by atoms with van der Waals surface area (Å²) in [6, 6.07) is 16.9. The molecule has 0 aliphatic rings. The quantitative estimate of drug-likeness (QED) is 0.784. The van der Waals surface area contributed by atoms with E-state index in [-0.39, 0.29) is 11.3 Å². The van der Waals surface area contributed by atoms with Crippen LogP contribution in [0.15, 0.2) is 69.2 Å². The lowest BCUT2D eigenvalue weighted by Crippen LogP contribution is -2.18. The molecule has 0 aliphatic heterocycles. The Bertz CT molecular complexity index is 825. The van der Waals surface area contributed by atoms with Crippen molar-refractivity contribution >= 4 is 22.7 Å². The van der Waals surface area contributed by atoms with Gasteiger partial charge in [0.1, 0.15) is 10.6 Å². The summed E-state index contributed by atoms with van der Waals surface area (Å²) < 4.78 is 1.57. The van der Waals surface area contributed by atoms with Crippen molar-refractivity contribution < 1.29 is 5.11 Å². The van der Waals surface area contributed by atoms with E-state index in [1.807, 2.05) is 54.6 Å². The van der Waals surface area contributed by atoms with E-state index in [1.54, 1.807) is 11.6 Å². The zero-order valence-electron chi connectivity index (χ0n) is 10.9. The van der Waals surface area contributed by atoms with Gasteiger partial charge in [-0.25, -0.2) is 0 Å². The maximum absolute atomic E-state index is 12.4. The minimum absolute atomic E-state index is 0.0533. The first kappa shape index (κ1) is 12.8. The third-order valence-corrected chi connectivity index (χ3v) is 4.28. The Morgan fingerprint density at radius 1 is 1.00 bits per heavy atom. The lowest BCUT2D eigenvalue weighted by atomic mass is 10.2. The lowest BCUT2D eigenvalue weighted by Gasteiger charge is -2.11. The van der Waals surface area contributed by atoms with Crippen LogP contribution in [0.4, 0.5) is 0 Å². The molecule has 0 spiro atoms. The topological polar surface area (TPSA) is 42.2 Å². The molecule has 0 atom stereocenters. The molecule has 0 bridgehead atoms. The highest BCUT2D eigenvalue weighted by atomic mass is 32.2. The van der Waals surface area contributed by atoms with Crippen LogP contribution in [0.1, 0.15) is 0 Å². The van der Waals surface area contributed by atoms with Gasteiger partial charge in [-0.1, -0.05) is 42.1 Å². The van der Waals surface area contributed by atoms with Crippen LogP contribution in [0.3, 0.4) is 0 Å². The molecule has 100 valence electrons. The lowest BCUT2D eigenvalue weighted by molar-refractivity contribution is 0.465. The van der Waals surface area contributed by atoms with Crippen LogP contribution >= 0.6 is 11.8 Å². The molecule has 0 saturated heterocycles. The van der Waals surface area contributed by atoms with Gasteiger partial charge >= 0.3 is 0 Å². The fourth-order valence-electron chi connectivity index (χ4n) is 2.15. The summed E-state index contributed by atoms with van der Waals surface area (Å²) in [6.45, 7) is 0. The summed E-state index contributed by atoms with van der Waals surface area (Å²) in [4.78, 5) is 13.7. The molecule has 1 aromatic heterocycles. The number of aromatic hydroxyl groups is 1. The molecule has 3 aromatic rings. The highest BCUT2D eigenvalue weighted by Gasteiger charge is 2.15. The second-order valence-electron chi connectivity index (χ2n) is 4.47. The highest BCUT2D eigenvalue weighted by Crippen LogP contribution is 2.35. The predicted octanol–water partition coefficient (Wildman–Crippen LogP) is 3.40. The average molecular weight is 283 g/mol. The molecule has 0 unspecified atom stereocenters. The molecular formula is C16H13NO2S. The number of fused-ring (bicyclic) bond motifs is 1. The maximum Gasteiger partial charge on any atom is 0.268 e. The van der Waals surface area contributed by atoms with E-state index in [2.05, 4.69) is 0 Å². The molecule has 0 aliphatic carbocycles. The number of hydrogen-bond donors (Lipinski definition) is 1. The Kier molecular flexibility index (Phi) is 3.24. The van der Waals surface area contributed by atoms with Gasteiger partial charge in [0.2, 0.25) is 0 Å². The maximum atomic E-state index is 12.4. The standard InChI is InChI=1S/C16H13NO2S/c1-17-13-10-6-5-9-12(13)14(18)15(16(17)19)20-11-7-3-2-4-8-11/h2-10,18H,1H3. The SMILES string of the molecule is Cn1c(=O)c(Sc2ccccc2)c(O)c2ccccc21. The van der Waals surface area contributed by atoms with Crippen molar-refractivity contribution in [3.63, 3.8) is 0 Å². The summed E-state index contributed by atoms with van der Waals surface area (Å²) in [7, 11) is 1.72. The first-order valence-corrected chi connectivity index (χ1v) is 7.03. The van der Waals surface area contributed by atoms with E-state index < -0.39 is 0 Å². The van der Waals surface area contributed by atoms with Crippen molar-refractivity contribution in [1.82, 2.24) is 4.57 Å². The summed E-state index contributed by atoms with van der Waals surface area (Å²) in [5, 5.41) is 11.1. The molecule has 2 aromatic carbocycles. The molecular weight excluding hydrogens is 270 g/mol. The molecule has 4 heteroatoms. The third kappa shape index (κ3) is 2.08.